The number of aryl methyl sites for hydroxylation is 1. The summed E-state index contributed by atoms with van der Waals surface area (Å²) in [5, 5.41) is 3.37. The van der Waals surface area contributed by atoms with Crippen LogP contribution in [-0.4, -0.2) is 29.2 Å². The molecule has 4 N–H and O–H groups in total. The van der Waals surface area contributed by atoms with E-state index in [1.807, 2.05) is 13.8 Å². The van der Waals surface area contributed by atoms with E-state index in [0.29, 0.717) is 23.7 Å². The van der Waals surface area contributed by atoms with Crippen LogP contribution >= 0.6 is 0 Å². The zero-order chi connectivity index (χ0) is 13.1. The largest absolute Gasteiger partial charge is 0.378 e. The fraction of sp³-hybridized carbons (Fsp3) is 0.667. The summed E-state index contributed by atoms with van der Waals surface area (Å²) in [4.78, 5) is 8.64. The predicted octanol–water partition coefficient (Wildman–Crippen LogP) is 1.22. The van der Waals surface area contributed by atoms with Gasteiger partial charge in [0.2, 0.25) is 0 Å². The monoisotopic (exact) mass is 251 g/mol. The molecule has 2 atom stereocenters. The van der Waals surface area contributed by atoms with Gasteiger partial charge in [-0.25, -0.2) is 15.8 Å². The smallest absolute Gasteiger partial charge is 0.148 e. The molecular formula is C12H21N5O. The summed E-state index contributed by atoms with van der Waals surface area (Å²) in [6.45, 7) is 7.63. The van der Waals surface area contributed by atoms with E-state index >= 15 is 0 Å². The van der Waals surface area contributed by atoms with Crippen LogP contribution < -0.4 is 16.6 Å². The first-order chi connectivity index (χ1) is 8.61. The molecule has 100 valence electrons. The van der Waals surface area contributed by atoms with E-state index in [0.717, 1.165) is 31.0 Å². The average molecular weight is 251 g/mol. The highest BCUT2D eigenvalue weighted by Gasteiger charge is 2.24. The van der Waals surface area contributed by atoms with Crippen molar-refractivity contribution < 1.29 is 4.74 Å². The molecule has 1 aromatic rings. The third-order valence-electron chi connectivity index (χ3n) is 3.46. The van der Waals surface area contributed by atoms with Crippen LogP contribution in [0.25, 0.3) is 0 Å². The number of anilines is 2. The lowest BCUT2D eigenvalue weighted by molar-refractivity contribution is 0.108. The molecule has 18 heavy (non-hydrogen) atoms. The fourth-order valence-electron chi connectivity index (χ4n) is 2.21. The number of nitrogens with zero attached hydrogens (tertiary/aromatic N) is 2. The number of ether oxygens (including phenoxy) is 1. The van der Waals surface area contributed by atoms with Gasteiger partial charge >= 0.3 is 0 Å². The highest BCUT2D eigenvalue weighted by molar-refractivity contribution is 5.56. The zero-order valence-corrected chi connectivity index (χ0v) is 11.2. The summed E-state index contributed by atoms with van der Waals surface area (Å²) in [7, 11) is 0. The molecule has 1 aliphatic rings. The van der Waals surface area contributed by atoms with Gasteiger partial charge in [0.05, 0.1) is 6.10 Å². The van der Waals surface area contributed by atoms with Gasteiger partial charge < -0.3 is 15.5 Å². The van der Waals surface area contributed by atoms with Gasteiger partial charge in [0, 0.05) is 24.6 Å². The standard InChI is InChI=1S/C12H21N5O/c1-7-11(15-9(3)16-12(7)17-13)14-6-10-4-5-18-8(10)2/h8,10H,4-6,13H2,1-3H3,(H2,14,15,16,17). The molecule has 0 saturated carbocycles. The number of hydrazine groups is 1. The fourth-order valence-corrected chi connectivity index (χ4v) is 2.21. The maximum atomic E-state index is 5.55. The summed E-state index contributed by atoms with van der Waals surface area (Å²) in [5.41, 5.74) is 3.54. The van der Waals surface area contributed by atoms with Crippen molar-refractivity contribution in [3.05, 3.63) is 11.4 Å². The summed E-state index contributed by atoms with van der Waals surface area (Å²) >= 11 is 0. The Morgan fingerprint density at radius 2 is 2.06 bits per heavy atom. The molecule has 0 aliphatic carbocycles. The normalized spacial score (nSPS) is 23.1. The highest BCUT2D eigenvalue weighted by atomic mass is 16.5. The van der Waals surface area contributed by atoms with Crippen molar-refractivity contribution >= 4 is 11.6 Å². The Morgan fingerprint density at radius 3 is 2.67 bits per heavy atom. The van der Waals surface area contributed by atoms with Gasteiger partial charge in [-0.15, -0.1) is 0 Å². The molecule has 1 fully saturated rings. The summed E-state index contributed by atoms with van der Waals surface area (Å²) in [6.07, 6.45) is 1.41. The number of nitrogens with one attached hydrogen (secondary N) is 2. The Morgan fingerprint density at radius 1 is 1.33 bits per heavy atom. The Balaban J connectivity index is 2.06. The number of hydrogen-bond donors (Lipinski definition) is 3. The Kier molecular flexibility index (Phi) is 3.98. The SMILES string of the molecule is Cc1nc(NN)c(C)c(NCC2CCOC2C)n1. The minimum atomic E-state index is 0.313. The quantitative estimate of drug-likeness (QED) is 0.551. The van der Waals surface area contributed by atoms with E-state index in [1.165, 1.54) is 0 Å². The maximum Gasteiger partial charge on any atom is 0.148 e. The number of aromatic nitrogens is 2. The van der Waals surface area contributed by atoms with Crippen molar-refractivity contribution in [3.8, 4) is 0 Å². The van der Waals surface area contributed by atoms with Crippen LogP contribution in [0.4, 0.5) is 11.6 Å². The lowest BCUT2D eigenvalue weighted by Crippen LogP contribution is -2.22. The Labute approximate surface area is 107 Å². The molecule has 2 heterocycles. The summed E-state index contributed by atoms with van der Waals surface area (Å²) < 4.78 is 5.55. The second kappa shape index (κ2) is 5.49. The van der Waals surface area contributed by atoms with Gasteiger partial charge in [0.25, 0.3) is 0 Å². The van der Waals surface area contributed by atoms with Crippen molar-refractivity contribution in [1.82, 2.24) is 9.97 Å². The second-order valence-electron chi connectivity index (χ2n) is 4.74. The maximum absolute atomic E-state index is 5.55. The van der Waals surface area contributed by atoms with E-state index in [9.17, 15) is 0 Å². The van der Waals surface area contributed by atoms with E-state index in [1.54, 1.807) is 0 Å². The Bertz CT molecular complexity index is 423. The van der Waals surface area contributed by atoms with Crippen LogP contribution in [0.2, 0.25) is 0 Å². The predicted molar refractivity (Wildman–Crippen MR) is 71.3 cm³/mol. The van der Waals surface area contributed by atoms with Gasteiger partial charge in [-0.3, -0.25) is 0 Å². The van der Waals surface area contributed by atoms with Gasteiger partial charge in [-0.1, -0.05) is 0 Å². The number of nitrogen functional groups attached to an aromatic ring is 1. The number of rotatable bonds is 4. The van der Waals surface area contributed by atoms with Crippen molar-refractivity contribution in [3.63, 3.8) is 0 Å². The highest BCUT2D eigenvalue weighted by Crippen LogP contribution is 2.23. The zero-order valence-electron chi connectivity index (χ0n) is 11.2. The number of nitrogens with two attached hydrogens (primary N) is 1. The third kappa shape index (κ3) is 2.70. The molecule has 0 aromatic carbocycles. The van der Waals surface area contributed by atoms with E-state index in [2.05, 4.69) is 27.6 Å². The van der Waals surface area contributed by atoms with E-state index in [4.69, 9.17) is 10.6 Å². The van der Waals surface area contributed by atoms with Crippen LogP contribution in [0, 0.1) is 19.8 Å². The first-order valence-corrected chi connectivity index (χ1v) is 6.29. The topological polar surface area (TPSA) is 85.1 Å². The van der Waals surface area contributed by atoms with Gasteiger partial charge in [0.15, 0.2) is 0 Å². The van der Waals surface area contributed by atoms with Crippen molar-refractivity contribution in [2.24, 2.45) is 11.8 Å². The van der Waals surface area contributed by atoms with Crippen LogP contribution in [0.5, 0.6) is 0 Å². The number of hydrogen-bond acceptors (Lipinski definition) is 6. The first-order valence-electron chi connectivity index (χ1n) is 6.29. The Hall–Kier alpha value is -1.40. The van der Waals surface area contributed by atoms with Crippen molar-refractivity contribution in [2.75, 3.05) is 23.9 Å². The molecule has 1 aromatic heterocycles. The molecule has 2 unspecified atom stereocenters. The van der Waals surface area contributed by atoms with Crippen LogP contribution in [0.3, 0.4) is 0 Å². The van der Waals surface area contributed by atoms with E-state index in [-0.39, 0.29) is 0 Å². The molecule has 1 saturated heterocycles. The average Bonchev–Trinajstić information content (AvgIpc) is 2.75. The molecule has 6 heteroatoms. The molecule has 0 bridgehead atoms. The van der Waals surface area contributed by atoms with Gasteiger partial charge in [-0.05, 0) is 27.2 Å². The molecule has 1 aliphatic heterocycles. The lowest BCUT2D eigenvalue weighted by Gasteiger charge is -2.17. The molecule has 0 amide bonds. The van der Waals surface area contributed by atoms with Crippen LogP contribution in [0.1, 0.15) is 24.7 Å². The lowest BCUT2D eigenvalue weighted by atomic mass is 10.0. The summed E-state index contributed by atoms with van der Waals surface area (Å²) in [5.74, 6) is 8.19. The van der Waals surface area contributed by atoms with Crippen molar-refractivity contribution in [1.29, 1.82) is 0 Å². The minimum Gasteiger partial charge on any atom is -0.378 e. The minimum absolute atomic E-state index is 0.313. The third-order valence-corrected chi connectivity index (χ3v) is 3.46. The van der Waals surface area contributed by atoms with E-state index < -0.39 is 0 Å². The molecule has 6 nitrogen and oxygen atoms in total. The second-order valence-corrected chi connectivity index (χ2v) is 4.74. The van der Waals surface area contributed by atoms with Crippen LogP contribution in [0.15, 0.2) is 0 Å². The molecule has 2 rings (SSSR count). The molecular weight excluding hydrogens is 230 g/mol. The summed E-state index contributed by atoms with van der Waals surface area (Å²) in [6, 6.07) is 0. The first kappa shape index (κ1) is 13.0. The molecule has 0 spiro atoms. The van der Waals surface area contributed by atoms with Crippen LogP contribution in [-0.2, 0) is 4.74 Å². The molecule has 0 radical (unpaired) electrons. The van der Waals surface area contributed by atoms with Gasteiger partial charge in [0.1, 0.15) is 17.5 Å². The van der Waals surface area contributed by atoms with Gasteiger partial charge in [-0.2, -0.15) is 0 Å². The van der Waals surface area contributed by atoms with Crippen molar-refractivity contribution in [2.45, 2.75) is 33.3 Å².